The van der Waals surface area contributed by atoms with Crippen LogP contribution in [0.25, 0.3) is 11.1 Å². The Bertz CT molecular complexity index is 783. The van der Waals surface area contributed by atoms with Crippen molar-refractivity contribution in [1.82, 2.24) is 4.98 Å². The van der Waals surface area contributed by atoms with Crippen molar-refractivity contribution in [3.8, 4) is 0 Å². The Morgan fingerprint density at radius 1 is 1.29 bits per heavy atom. The average Bonchev–Trinajstić information content (AvgIpc) is 2.87. The number of halogens is 1. The van der Waals surface area contributed by atoms with E-state index in [1.54, 1.807) is 18.2 Å². The SMILES string of the molecule is O=C(O)c1ccc(Br)cc1SCc1nc2ccccc2o1. The molecule has 0 unspecified atom stereocenters. The van der Waals surface area contributed by atoms with Crippen LogP contribution in [0.3, 0.4) is 0 Å². The van der Waals surface area contributed by atoms with E-state index in [1.807, 2.05) is 24.3 Å². The smallest absolute Gasteiger partial charge is 0.336 e. The van der Waals surface area contributed by atoms with Gasteiger partial charge in [0.25, 0.3) is 0 Å². The Labute approximate surface area is 133 Å². The highest BCUT2D eigenvalue weighted by molar-refractivity contribution is 9.10. The number of fused-ring (bicyclic) bond motifs is 1. The molecule has 0 aliphatic carbocycles. The van der Waals surface area contributed by atoms with Crippen molar-refractivity contribution in [2.24, 2.45) is 0 Å². The molecular weight excluding hydrogens is 354 g/mol. The number of oxazole rings is 1. The molecule has 0 atom stereocenters. The van der Waals surface area contributed by atoms with Gasteiger partial charge >= 0.3 is 5.97 Å². The summed E-state index contributed by atoms with van der Waals surface area (Å²) in [6, 6.07) is 12.6. The summed E-state index contributed by atoms with van der Waals surface area (Å²) in [6.07, 6.45) is 0. The lowest BCUT2D eigenvalue weighted by Gasteiger charge is -2.04. The predicted molar refractivity (Wildman–Crippen MR) is 84.7 cm³/mol. The van der Waals surface area contributed by atoms with E-state index in [-0.39, 0.29) is 5.56 Å². The molecule has 0 saturated heterocycles. The van der Waals surface area contributed by atoms with Crippen molar-refractivity contribution in [3.63, 3.8) is 0 Å². The fourth-order valence-corrected chi connectivity index (χ4v) is 3.35. The van der Waals surface area contributed by atoms with E-state index in [0.717, 1.165) is 15.6 Å². The number of benzene rings is 2. The van der Waals surface area contributed by atoms with Gasteiger partial charge in [-0.2, -0.15) is 0 Å². The second-order valence-electron chi connectivity index (χ2n) is 4.31. The number of rotatable bonds is 4. The molecule has 4 nitrogen and oxygen atoms in total. The second kappa shape index (κ2) is 5.91. The van der Waals surface area contributed by atoms with Crippen LogP contribution in [0.5, 0.6) is 0 Å². The lowest BCUT2D eigenvalue weighted by atomic mass is 10.2. The van der Waals surface area contributed by atoms with Crippen LogP contribution in [-0.4, -0.2) is 16.1 Å². The van der Waals surface area contributed by atoms with Gasteiger partial charge in [-0.25, -0.2) is 9.78 Å². The Kier molecular flexibility index (Phi) is 3.98. The maximum absolute atomic E-state index is 11.2. The highest BCUT2D eigenvalue weighted by atomic mass is 79.9. The molecule has 0 aliphatic heterocycles. The lowest BCUT2D eigenvalue weighted by Crippen LogP contribution is -1.98. The molecule has 3 rings (SSSR count). The molecule has 0 amide bonds. The van der Waals surface area contributed by atoms with Crippen LogP contribution in [0, 0.1) is 0 Å². The third kappa shape index (κ3) is 3.11. The van der Waals surface area contributed by atoms with Gasteiger partial charge in [-0.3, -0.25) is 0 Å². The fourth-order valence-electron chi connectivity index (χ4n) is 1.91. The van der Waals surface area contributed by atoms with Crippen LogP contribution in [0.1, 0.15) is 16.2 Å². The highest BCUT2D eigenvalue weighted by Crippen LogP contribution is 2.30. The third-order valence-electron chi connectivity index (χ3n) is 2.86. The first-order chi connectivity index (χ1) is 10.1. The average molecular weight is 364 g/mol. The monoisotopic (exact) mass is 363 g/mol. The molecule has 1 aromatic heterocycles. The van der Waals surface area contributed by atoms with Crippen molar-refractivity contribution in [2.75, 3.05) is 0 Å². The van der Waals surface area contributed by atoms with Gasteiger partial charge < -0.3 is 9.52 Å². The maximum Gasteiger partial charge on any atom is 0.336 e. The maximum atomic E-state index is 11.2. The Hall–Kier alpha value is -1.79. The fraction of sp³-hybridized carbons (Fsp3) is 0.0667. The summed E-state index contributed by atoms with van der Waals surface area (Å²) >= 11 is 4.75. The van der Waals surface area contributed by atoms with E-state index in [9.17, 15) is 9.90 Å². The number of aromatic carboxylic acids is 1. The van der Waals surface area contributed by atoms with Gasteiger partial charge in [-0.05, 0) is 30.3 Å². The van der Waals surface area contributed by atoms with E-state index in [4.69, 9.17) is 4.42 Å². The first-order valence-electron chi connectivity index (χ1n) is 6.13. The van der Waals surface area contributed by atoms with Crippen LogP contribution >= 0.6 is 27.7 Å². The second-order valence-corrected chi connectivity index (χ2v) is 6.24. The molecule has 3 aromatic rings. The Morgan fingerprint density at radius 3 is 2.86 bits per heavy atom. The van der Waals surface area contributed by atoms with Crippen molar-refractivity contribution >= 4 is 44.8 Å². The van der Waals surface area contributed by atoms with Crippen LogP contribution in [0.15, 0.2) is 56.2 Å². The Balaban J connectivity index is 1.84. The molecule has 21 heavy (non-hydrogen) atoms. The summed E-state index contributed by atoms with van der Waals surface area (Å²) in [7, 11) is 0. The molecule has 0 fully saturated rings. The summed E-state index contributed by atoms with van der Waals surface area (Å²) in [4.78, 5) is 16.3. The van der Waals surface area contributed by atoms with Crippen molar-refractivity contribution in [2.45, 2.75) is 10.6 Å². The zero-order valence-corrected chi connectivity index (χ0v) is 13.1. The number of carboxylic acids is 1. The van der Waals surface area contributed by atoms with Gasteiger partial charge in [-0.1, -0.05) is 28.1 Å². The molecule has 0 radical (unpaired) electrons. The molecule has 2 aromatic carbocycles. The van der Waals surface area contributed by atoms with Crippen LogP contribution in [0.4, 0.5) is 0 Å². The van der Waals surface area contributed by atoms with E-state index < -0.39 is 5.97 Å². The normalized spacial score (nSPS) is 10.9. The molecule has 0 aliphatic rings. The zero-order chi connectivity index (χ0) is 14.8. The van der Waals surface area contributed by atoms with E-state index in [1.165, 1.54) is 11.8 Å². The predicted octanol–water partition coefficient (Wildman–Crippen LogP) is 4.58. The number of nitrogens with zero attached hydrogens (tertiary/aromatic N) is 1. The van der Waals surface area contributed by atoms with E-state index in [0.29, 0.717) is 16.5 Å². The first-order valence-corrected chi connectivity index (χ1v) is 7.91. The van der Waals surface area contributed by atoms with Gasteiger partial charge in [0.05, 0.1) is 11.3 Å². The summed E-state index contributed by atoms with van der Waals surface area (Å²) in [5.41, 5.74) is 1.82. The Morgan fingerprint density at radius 2 is 2.10 bits per heavy atom. The molecule has 0 spiro atoms. The molecule has 0 bridgehead atoms. The van der Waals surface area contributed by atoms with Crippen LogP contribution in [-0.2, 0) is 5.75 Å². The standard InChI is InChI=1S/C15H10BrNO3S/c16-9-5-6-10(15(18)19)13(7-9)21-8-14-17-11-3-1-2-4-12(11)20-14/h1-7H,8H2,(H,18,19). The summed E-state index contributed by atoms with van der Waals surface area (Å²) in [5, 5.41) is 9.20. The number of aromatic nitrogens is 1. The number of thioether (sulfide) groups is 1. The van der Waals surface area contributed by atoms with Crippen molar-refractivity contribution < 1.29 is 14.3 Å². The highest BCUT2D eigenvalue weighted by Gasteiger charge is 2.13. The first kappa shape index (κ1) is 14.2. The molecule has 6 heteroatoms. The van der Waals surface area contributed by atoms with Gasteiger partial charge in [0.1, 0.15) is 5.52 Å². The number of carboxylic acid groups (broad SMARTS) is 1. The number of carbonyl (C=O) groups is 1. The number of para-hydroxylation sites is 2. The van der Waals surface area contributed by atoms with E-state index in [2.05, 4.69) is 20.9 Å². The van der Waals surface area contributed by atoms with Crippen LogP contribution < -0.4 is 0 Å². The minimum atomic E-state index is -0.942. The van der Waals surface area contributed by atoms with Gasteiger partial charge in [0.2, 0.25) is 5.89 Å². The number of hydrogen-bond donors (Lipinski definition) is 1. The number of hydrogen-bond acceptors (Lipinski definition) is 4. The largest absolute Gasteiger partial charge is 0.478 e. The van der Waals surface area contributed by atoms with Gasteiger partial charge in [-0.15, -0.1) is 11.8 Å². The minimum absolute atomic E-state index is 0.277. The van der Waals surface area contributed by atoms with E-state index >= 15 is 0 Å². The lowest BCUT2D eigenvalue weighted by molar-refractivity contribution is 0.0693. The van der Waals surface area contributed by atoms with Gasteiger partial charge in [0.15, 0.2) is 5.58 Å². The molecule has 0 saturated carbocycles. The zero-order valence-electron chi connectivity index (χ0n) is 10.7. The molecule has 106 valence electrons. The molecule has 1 N–H and O–H groups in total. The molecular formula is C15H10BrNO3S. The molecule has 1 heterocycles. The third-order valence-corrected chi connectivity index (χ3v) is 4.40. The summed E-state index contributed by atoms with van der Waals surface area (Å²) < 4.78 is 6.47. The quantitative estimate of drug-likeness (QED) is 0.687. The van der Waals surface area contributed by atoms with Crippen molar-refractivity contribution in [1.29, 1.82) is 0 Å². The topological polar surface area (TPSA) is 63.3 Å². The summed E-state index contributed by atoms with van der Waals surface area (Å²) in [5.74, 6) is 0.117. The minimum Gasteiger partial charge on any atom is -0.478 e. The summed E-state index contributed by atoms with van der Waals surface area (Å²) in [6.45, 7) is 0. The van der Waals surface area contributed by atoms with Gasteiger partial charge in [0, 0.05) is 9.37 Å². The van der Waals surface area contributed by atoms with Crippen molar-refractivity contribution in [3.05, 3.63) is 58.4 Å². The van der Waals surface area contributed by atoms with Crippen LogP contribution in [0.2, 0.25) is 0 Å².